The van der Waals surface area contributed by atoms with Crippen molar-refractivity contribution >= 4 is 27.4 Å². The Morgan fingerprint density at radius 1 is 1.19 bits per heavy atom. The molecule has 21 heavy (non-hydrogen) atoms. The molecule has 0 fully saturated rings. The molecule has 0 aliphatic heterocycles. The van der Waals surface area contributed by atoms with Crippen molar-refractivity contribution in [2.24, 2.45) is 0 Å². The molecule has 1 aromatic heterocycles. The summed E-state index contributed by atoms with van der Waals surface area (Å²) in [5.74, 6) is 0.673. The van der Waals surface area contributed by atoms with E-state index in [0.717, 1.165) is 46.2 Å². The summed E-state index contributed by atoms with van der Waals surface area (Å²) in [6.07, 6.45) is 3.18. The SMILES string of the molecule is Cc1cc(Br)cc(C)c1Nc1nc2c(cc1C#N)CCC2. The van der Waals surface area contributed by atoms with E-state index in [1.54, 1.807) is 0 Å². The lowest BCUT2D eigenvalue weighted by molar-refractivity contribution is 0.900. The number of aryl methyl sites for hydroxylation is 4. The van der Waals surface area contributed by atoms with Crippen LogP contribution in [-0.2, 0) is 12.8 Å². The summed E-state index contributed by atoms with van der Waals surface area (Å²) in [6.45, 7) is 4.11. The molecule has 0 saturated heterocycles. The van der Waals surface area contributed by atoms with Gasteiger partial charge < -0.3 is 5.32 Å². The molecule has 0 amide bonds. The van der Waals surface area contributed by atoms with Crippen molar-refractivity contribution < 1.29 is 0 Å². The quantitative estimate of drug-likeness (QED) is 0.870. The lowest BCUT2D eigenvalue weighted by Gasteiger charge is -2.15. The lowest BCUT2D eigenvalue weighted by atomic mass is 10.1. The Hall–Kier alpha value is -1.86. The first-order chi connectivity index (χ1) is 10.1. The predicted molar refractivity (Wildman–Crippen MR) is 87.9 cm³/mol. The van der Waals surface area contributed by atoms with Gasteiger partial charge >= 0.3 is 0 Å². The molecule has 1 N–H and O–H groups in total. The number of aromatic nitrogens is 1. The van der Waals surface area contributed by atoms with Crippen LogP contribution in [0.5, 0.6) is 0 Å². The average Bonchev–Trinajstić information content (AvgIpc) is 2.88. The zero-order valence-corrected chi connectivity index (χ0v) is 13.7. The van der Waals surface area contributed by atoms with Crippen molar-refractivity contribution in [2.45, 2.75) is 33.1 Å². The Labute approximate surface area is 133 Å². The maximum atomic E-state index is 9.37. The van der Waals surface area contributed by atoms with E-state index in [1.807, 2.05) is 6.07 Å². The average molecular weight is 342 g/mol. The van der Waals surface area contributed by atoms with Crippen LogP contribution in [0.1, 0.15) is 34.4 Å². The molecule has 1 aliphatic carbocycles. The van der Waals surface area contributed by atoms with Crippen molar-refractivity contribution in [3.8, 4) is 6.07 Å². The van der Waals surface area contributed by atoms with Crippen molar-refractivity contribution in [1.29, 1.82) is 5.26 Å². The van der Waals surface area contributed by atoms with Crippen LogP contribution < -0.4 is 5.32 Å². The molecule has 4 heteroatoms. The molecule has 106 valence electrons. The molecule has 0 atom stereocenters. The van der Waals surface area contributed by atoms with Crippen LogP contribution in [0.2, 0.25) is 0 Å². The smallest absolute Gasteiger partial charge is 0.148 e. The minimum Gasteiger partial charge on any atom is -0.339 e. The maximum absolute atomic E-state index is 9.37. The zero-order chi connectivity index (χ0) is 15.0. The summed E-state index contributed by atoms with van der Waals surface area (Å²) in [7, 11) is 0. The molecule has 0 bridgehead atoms. The van der Waals surface area contributed by atoms with Gasteiger partial charge in [0.15, 0.2) is 0 Å². The Bertz CT molecular complexity index is 736. The zero-order valence-electron chi connectivity index (χ0n) is 12.1. The first-order valence-corrected chi connectivity index (χ1v) is 7.84. The van der Waals surface area contributed by atoms with Gasteiger partial charge in [0.1, 0.15) is 11.9 Å². The fourth-order valence-corrected chi connectivity index (χ4v) is 3.57. The van der Waals surface area contributed by atoms with E-state index < -0.39 is 0 Å². The van der Waals surface area contributed by atoms with Gasteiger partial charge in [-0.05, 0) is 68.0 Å². The normalized spacial score (nSPS) is 12.9. The van der Waals surface area contributed by atoms with Crippen LogP contribution in [0.3, 0.4) is 0 Å². The molecule has 1 aliphatic rings. The molecule has 2 aromatic rings. The maximum Gasteiger partial charge on any atom is 0.148 e. The molecule has 1 aromatic carbocycles. The van der Waals surface area contributed by atoms with E-state index in [2.05, 4.69) is 58.3 Å². The van der Waals surface area contributed by atoms with Gasteiger partial charge in [0.25, 0.3) is 0 Å². The summed E-state index contributed by atoms with van der Waals surface area (Å²) in [6, 6.07) is 8.38. The molecular formula is C17H16BrN3. The van der Waals surface area contributed by atoms with Gasteiger partial charge in [0.2, 0.25) is 0 Å². The molecule has 0 saturated carbocycles. The largest absolute Gasteiger partial charge is 0.339 e. The topological polar surface area (TPSA) is 48.7 Å². The van der Waals surface area contributed by atoms with Crippen LogP contribution in [0, 0.1) is 25.2 Å². The van der Waals surface area contributed by atoms with Gasteiger partial charge in [-0.2, -0.15) is 5.26 Å². The van der Waals surface area contributed by atoms with Gasteiger partial charge in [-0.15, -0.1) is 0 Å². The third-order valence-corrected chi connectivity index (χ3v) is 4.37. The number of rotatable bonds is 2. The molecule has 3 nitrogen and oxygen atoms in total. The molecule has 1 heterocycles. The van der Waals surface area contributed by atoms with E-state index in [4.69, 9.17) is 0 Å². The third-order valence-electron chi connectivity index (χ3n) is 3.91. The number of hydrogen-bond donors (Lipinski definition) is 1. The van der Waals surface area contributed by atoms with Gasteiger partial charge in [0.05, 0.1) is 5.56 Å². The molecule has 3 rings (SSSR count). The number of anilines is 2. The first kappa shape index (κ1) is 14.1. The van der Waals surface area contributed by atoms with E-state index in [9.17, 15) is 5.26 Å². The fraction of sp³-hybridized carbons (Fsp3) is 0.294. The van der Waals surface area contributed by atoms with Crippen molar-refractivity contribution in [2.75, 3.05) is 5.32 Å². The summed E-state index contributed by atoms with van der Waals surface area (Å²) >= 11 is 3.51. The summed E-state index contributed by atoms with van der Waals surface area (Å²) in [4.78, 5) is 4.68. The second-order valence-electron chi connectivity index (χ2n) is 5.50. The number of hydrogen-bond acceptors (Lipinski definition) is 3. The minimum atomic E-state index is 0.623. The number of fused-ring (bicyclic) bond motifs is 1. The van der Waals surface area contributed by atoms with E-state index in [0.29, 0.717) is 11.4 Å². The van der Waals surface area contributed by atoms with Gasteiger partial charge in [-0.1, -0.05) is 15.9 Å². The monoisotopic (exact) mass is 341 g/mol. The highest BCUT2D eigenvalue weighted by molar-refractivity contribution is 9.10. The Morgan fingerprint density at radius 2 is 1.90 bits per heavy atom. The Kier molecular flexibility index (Phi) is 3.69. The van der Waals surface area contributed by atoms with Crippen molar-refractivity contribution in [3.05, 3.63) is 50.6 Å². The van der Waals surface area contributed by atoms with Gasteiger partial charge in [0, 0.05) is 15.9 Å². The summed E-state index contributed by atoms with van der Waals surface area (Å²) < 4.78 is 1.06. The number of halogens is 1. The minimum absolute atomic E-state index is 0.623. The van der Waals surface area contributed by atoms with Gasteiger partial charge in [-0.3, -0.25) is 0 Å². The van der Waals surface area contributed by atoms with Gasteiger partial charge in [-0.25, -0.2) is 4.98 Å². The van der Waals surface area contributed by atoms with Crippen LogP contribution in [0.4, 0.5) is 11.5 Å². The fourth-order valence-electron chi connectivity index (χ4n) is 2.88. The van der Waals surface area contributed by atoms with Crippen molar-refractivity contribution in [3.63, 3.8) is 0 Å². The van der Waals surface area contributed by atoms with Crippen LogP contribution in [-0.4, -0.2) is 4.98 Å². The predicted octanol–water partition coefficient (Wildman–Crippen LogP) is 4.56. The second-order valence-corrected chi connectivity index (χ2v) is 6.41. The Balaban J connectivity index is 2.05. The number of pyridine rings is 1. The standard InChI is InChI=1S/C17H16BrN3/c1-10-6-14(18)7-11(2)16(10)21-17-13(9-19)8-12-4-3-5-15(12)20-17/h6-8H,3-5H2,1-2H3,(H,20,21). The highest BCUT2D eigenvalue weighted by atomic mass is 79.9. The van der Waals surface area contributed by atoms with Crippen LogP contribution >= 0.6 is 15.9 Å². The number of nitriles is 1. The highest BCUT2D eigenvalue weighted by Crippen LogP contribution is 2.31. The first-order valence-electron chi connectivity index (χ1n) is 7.05. The molecule has 0 radical (unpaired) electrons. The number of benzene rings is 1. The number of nitrogens with zero attached hydrogens (tertiary/aromatic N) is 2. The van der Waals surface area contributed by atoms with E-state index in [1.165, 1.54) is 5.56 Å². The molecular weight excluding hydrogens is 326 g/mol. The van der Waals surface area contributed by atoms with Crippen LogP contribution in [0.25, 0.3) is 0 Å². The Morgan fingerprint density at radius 3 is 2.57 bits per heavy atom. The van der Waals surface area contributed by atoms with E-state index >= 15 is 0 Å². The van der Waals surface area contributed by atoms with E-state index in [-0.39, 0.29) is 0 Å². The summed E-state index contributed by atoms with van der Waals surface area (Å²) in [5.41, 5.74) is 6.27. The third kappa shape index (κ3) is 2.66. The summed E-state index contributed by atoms with van der Waals surface area (Å²) in [5, 5.41) is 12.7. The van der Waals surface area contributed by atoms with Crippen LogP contribution in [0.15, 0.2) is 22.7 Å². The highest BCUT2D eigenvalue weighted by Gasteiger charge is 2.17. The second kappa shape index (κ2) is 5.50. The molecule has 0 spiro atoms. The van der Waals surface area contributed by atoms with Crippen molar-refractivity contribution in [1.82, 2.24) is 4.98 Å². The number of nitrogens with one attached hydrogen (secondary N) is 1. The molecule has 0 unspecified atom stereocenters. The lowest BCUT2D eigenvalue weighted by Crippen LogP contribution is -2.03.